The van der Waals surface area contributed by atoms with Crippen LogP contribution in [-0.2, 0) is 7.05 Å². The Morgan fingerprint density at radius 3 is 2.39 bits per heavy atom. The Hall–Kier alpha value is -2.95. The molecule has 0 unspecified atom stereocenters. The Morgan fingerprint density at radius 1 is 1.13 bits per heavy atom. The molecule has 0 spiro atoms. The van der Waals surface area contributed by atoms with Crippen LogP contribution in [0.4, 0.5) is 0 Å². The molecule has 5 nitrogen and oxygen atoms in total. The predicted molar refractivity (Wildman–Crippen MR) is 89.8 cm³/mol. The second kappa shape index (κ2) is 6.87. The van der Waals surface area contributed by atoms with Gasteiger partial charge < -0.3 is 9.67 Å². The lowest BCUT2D eigenvalue weighted by Gasteiger charge is -2.00. The van der Waals surface area contributed by atoms with Gasteiger partial charge in [-0.2, -0.15) is 0 Å². The molecule has 0 saturated heterocycles. The average molecular weight is 310 g/mol. The number of phenolic OH excluding ortho intramolecular Hbond substituents is 1. The maximum Gasteiger partial charge on any atom is 0.260 e. The number of benzene rings is 2. The highest BCUT2D eigenvalue weighted by molar-refractivity contribution is 5.94. The molecular weight excluding hydrogens is 292 g/mol. The Morgan fingerprint density at radius 2 is 1.78 bits per heavy atom. The zero-order chi connectivity index (χ0) is 17.0. The number of Topliss-reactive ketones (excluding diaryl/α,β-unsaturated/α-hetero) is 1. The summed E-state index contributed by atoms with van der Waals surface area (Å²) < 4.78 is 1.49. The summed E-state index contributed by atoms with van der Waals surface area (Å²) in [6, 6.07) is 11.9. The van der Waals surface area contributed by atoms with Crippen LogP contribution in [0.2, 0.25) is 0 Å². The summed E-state index contributed by atoms with van der Waals surface area (Å²) in [6.45, 7) is 3.46. The third kappa shape index (κ3) is 4.03. The number of carbonyl (C=O) groups is 1. The van der Waals surface area contributed by atoms with Crippen LogP contribution in [-0.4, -0.2) is 20.4 Å². The van der Waals surface area contributed by atoms with E-state index < -0.39 is 0 Å². The summed E-state index contributed by atoms with van der Waals surface area (Å²) in [5, 5.41) is 9.51. The van der Waals surface area contributed by atoms with Gasteiger partial charge >= 0.3 is 0 Å². The quantitative estimate of drug-likeness (QED) is 0.702. The van der Waals surface area contributed by atoms with Gasteiger partial charge in [-0.25, -0.2) is 4.98 Å². The number of rotatable bonds is 1. The summed E-state index contributed by atoms with van der Waals surface area (Å²) in [6.07, 6.45) is 1.54. The Labute approximate surface area is 133 Å². The van der Waals surface area contributed by atoms with Crippen LogP contribution in [0.3, 0.4) is 0 Å². The van der Waals surface area contributed by atoms with Gasteiger partial charge in [-0.3, -0.25) is 9.59 Å². The zero-order valence-corrected chi connectivity index (χ0v) is 13.3. The van der Waals surface area contributed by atoms with E-state index in [1.165, 1.54) is 23.6 Å². The van der Waals surface area contributed by atoms with Gasteiger partial charge in [-0.15, -0.1) is 0 Å². The van der Waals surface area contributed by atoms with E-state index in [9.17, 15) is 9.59 Å². The number of aromatic hydroxyl groups is 1. The van der Waals surface area contributed by atoms with Gasteiger partial charge in [-0.05, 0) is 50.2 Å². The fraction of sp³-hybridized carbons (Fsp3) is 0.167. The molecule has 1 aromatic heterocycles. The van der Waals surface area contributed by atoms with E-state index in [1.54, 1.807) is 25.5 Å². The Balaban J connectivity index is 0.000000174. The third-order valence-corrected chi connectivity index (χ3v) is 3.35. The number of hydrogen-bond donors (Lipinski definition) is 1. The third-order valence-electron chi connectivity index (χ3n) is 3.35. The number of phenols is 1. The number of nitrogens with zero attached hydrogens (tertiary/aromatic N) is 2. The molecule has 0 amide bonds. The maximum absolute atomic E-state index is 11.6. The molecule has 1 heterocycles. The molecule has 5 heteroatoms. The summed E-state index contributed by atoms with van der Waals surface area (Å²) in [7, 11) is 1.71. The summed E-state index contributed by atoms with van der Waals surface area (Å²) in [5.41, 5.74) is 2.47. The second-order valence-electron chi connectivity index (χ2n) is 5.28. The van der Waals surface area contributed by atoms with Crippen molar-refractivity contribution in [1.29, 1.82) is 0 Å². The SMILES string of the molecule is CC(=O)c1ccc(O)cc1.Cc1ccc2ncn(C)c(=O)c2c1. The minimum Gasteiger partial charge on any atom is -0.508 e. The van der Waals surface area contributed by atoms with Crippen LogP contribution in [0.1, 0.15) is 22.8 Å². The van der Waals surface area contributed by atoms with E-state index in [-0.39, 0.29) is 17.1 Å². The molecular formula is C18H18N2O3. The predicted octanol–water partition coefficient (Wildman–Crippen LogP) is 2.84. The Kier molecular flexibility index (Phi) is 4.91. The van der Waals surface area contributed by atoms with Crippen molar-refractivity contribution >= 4 is 16.7 Å². The van der Waals surface area contributed by atoms with Gasteiger partial charge in [0.2, 0.25) is 0 Å². The van der Waals surface area contributed by atoms with E-state index in [0.29, 0.717) is 10.9 Å². The lowest BCUT2D eigenvalue weighted by Crippen LogP contribution is -2.16. The molecule has 118 valence electrons. The second-order valence-corrected chi connectivity index (χ2v) is 5.28. The molecule has 0 radical (unpaired) electrons. The van der Waals surface area contributed by atoms with Crippen LogP contribution in [0.15, 0.2) is 53.6 Å². The topological polar surface area (TPSA) is 72.2 Å². The molecule has 0 aliphatic carbocycles. The molecule has 0 atom stereocenters. The van der Waals surface area contributed by atoms with Crippen molar-refractivity contribution in [3.8, 4) is 5.75 Å². The molecule has 0 bridgehead atoms. The number of aromatic nitrogens is 2. The lowest BCUT2D eigenvalue weighted by atomic mass is 10.1. The number of ketones is 1. The average Bonchev–Trinajstić information content (AvgIpc) is 2.52. The molecule has 0 aliphatic rings. The van der Waals surface area contributed by atoms with E-state index in [4.69, 9.17) is 5.11 Å². The van der Waals surface area contributed by atoms with Crippen molar-refractivity contribution in [2.45, 2.75) is 13.8 Å². The van der Waals surface area contributed by atoms with E-state index in [0.717, 1.165) is 11.1 Å². The Bertz CT molecular complexity index is 891. The van der Waals surface area contributed by atoms with Crippen LogP contribution >= 0.6 is 0 Å². The van der Waals surface area contributed by atoms with Crippen molar-refractivity contribution in [2.24, 2.45) is 7.05 Å². The van der Waals surface area contributed by atoms with Gasteiger partial charge in [0.15, 0.2) is 5.78 Å². The number of hydrogen-bond acceptors (Lipinski definition) is 4. The van der Waals surface area contributed by atoms with Gasteiger partial charge in [0, 0.05) is 12.6 Å². The van der Waals surface area contributed by atoms with Gasteiger partial charge in [0.25, 0.3) is 5.56 Å². The fourth-order valence-electron chi connectivity index (χ4n) is 2.02. The number of carbonyl (C=O) groups excluding carboxylic acids is 1. The molecule has 3 aromatic rings. The standard InChI is InChI=1S/C10H10N2O.C8H8O2/c1-7-3-4-9-8(5-7)10(13)12(2)6-11-9;1-6(9)7-2-4-8(10)5-3-7/h3-6H,1-2H3;2-5,10H,1H3. The highest BCUT2D eigenvalue weighted by atomic mass is 16.3. The first-order valence-corrected chi connectivity index (χ1v) is 7.10. The first-order valence-electron chi connectivity index (χ1n) is 7.10. The van der Waals surface area contributed by atoms with Crippen molar-refractivity contribution in [3.05, 3.63) is 70.3 Å². The van der Waals surface area contributed by atoms with Gasteiger partial charge in [-0.1, -0.05) is 11.6 Å². The first-order chi connectivity index (χ1) is 10.9. The van der Waals surface area contributed by atoms with E-state index >= 15 is 0 Å². The van der Waals surface area contributed by atoms with Crippen molar-refractivity contribution in [1.82, 2.24) is 9.55 Å². The number of fused-ring (bicyclic) bond motifs is 1. The normalized spacial score (nSPS) is 10.0. The summed E-state index contributed by atoms with van der Waals surface area (Å²) >= 11 is 0. The molecule has 3 rings (SSSR count). The summed E-state index contributed by atoms with van der Waals surface area (Å²) in [5.74, 6) is 0.199. The smallest absolute Gasteiger partial charge is 0.260 e. The van der Waals surface area contributed by atoms with Crippen LogP contribution < -0.4 is 5.56 Å². The highest BCUT2D eigenvalue weighted by Gasteiger charge is 2.00. The van der Waals surface area contributed by atoms with E-state index in [2.05, 4.69) is 4.98 Å². The molecule has 0 fully saturated rings. The summed E-state index contributed by atoms with van der Waals surface area (Å²) in [4.78, 5) is 26.4. The van der Waals surface area contributed by atoms with Crippen LogP contribution in [0, 0.1) is 6.92 Å². The van der Waals surface area contributed by atoms with Crippen molar-refractivity contribution < 1.29 is 9.90 Å². The minimum atomic E-state index is 0.00806. The van der Waals surface area contributed by atoms with Crippen LogP contribution in [0.5, 0.6) is 5.75 Å². The maximum atomic E-state index is 11.6. The highest BCUT2D eigenvalue weighted by Crippen LogP contribution is 2.09. The monoisotopic (exact) mass is 310 g/mol. The van der Waals surface area contributed by atoms with Gasteiger partial charge in [0.05, 0.1) is 17.2 Å². The zero-order valence-electron chi connectivity index (χ0n) is 13.3. The molecule has 1 N–H and O–H groups in total. The fourth-order valence-corrected chi connectivity index (χ4v) is 2.02. The first kappa shape index (κ1) is 16.4. The van der Waals surface area contributed by atoms with Crippen molar-refractivity contribution in [2.75, 3.05) is 0 Å². The minimum absolute atomic E-state index is 0.00806. The molecule has 23 heavy (non-hydrogen) atoms. The molecule has 0 aliphatic heterocycles. The molecule has 0 saturated carbocycles. The molecule has 2 aromatic carbocycles. The van der Waals surface area contributed by atoms with Gasteiger partial charge in [0.1, 0.15) is 5.75 Å². The van der Waals surface area contributed by atoms with Crippen molar-refractivity contribution in [3.63, 3.8) is 0 Å². The lowest BCUT2D eigenvalue weighted by molar-refractivity contribution is 0.101. The largest absolute Gasteiger partial charge is 0.508 e. The number of aryl methyl sites for hydroxylation is 2. The van der Waals surface area contributed by atoms with E-state index in [1.807, 2.05) is 25.1 Å². The van der Waals surface area contributed by atoms with Crippen LogP contribution in [0.25, 0.3) is 10.9 Å².